The first-order chi connectivity index (χ1) is 11.0. The first kappa shape index (κ1) is 15.5. The zero-order valence-electron chi connectivity index (χ0n) is 14.1. The Kier molecular flexibility index (Phi) is 3.80. The smallest absolute Gasteiger partial charge is 0.277 e. The van der Waals surface area contributed by atoms with Crippen LogP contribution in [-0.4, -0.2) is 19.6 Å². The summed E-state index contributed by atoms with van der Waals surface area (Å²) in [6.45, 7) is 8.39. The molecule has 0 saturated heterocycles. The highest BCUT2D eigenvalue weighted by atomic mass is 16.1. The molecule has 5 nitrogen and oxygen atoms in total. The Hall–Kier alpha value is -2.43. The molecule has 3 rings (SSSR count). The van der Waals surface area contributed by atoms with E-state index in [0.717, 1.165) is 23.5 Å². The molecule has 23 heavy (non-hydrogen) atoms. The number of benzene rings is 1. The molecule has 0 fully saturated rings. The minimum absolute atomic E-state index is 0.138. The van der Waals surface area contributed by atoms with Gasteiger partial charge in [0.2, 0.25) is 0 Å². The summed E-state index contributed by atoms with van der Waals surface area (Å²) in [4.78, 5) is 20.2. The van der Waals surface area contributed by atoms with Crippen LogP contribution in [0, 0.1) is 0 Å². The van der Waals surface area contributed by atoms with Crippen LogP contribution >= 0.6 is 0 Å². The number of aromatic amines is 1. The topological polar surface area (TPSA) is 63.1 Å². The standard InChI is InChI=1S/C18H22N4O/c1-5-13-14-16(23)20-15(12-10-8-7-9-11-12)21-22(14)17(19-13)18(3,4)6-2/h7-11H,5-6H2,1-4H3,(H,20,21,23). The first-order valence-corrected chi connectivity index (χ1v) is 8.05. The third-order valence-corrected chi connectivity index (χ3v) is 4.44. The predicted octanol–water partition coefficient (Wildman–Crippen LogP) is 3.33. The number of hydrogen-bond donors (Lipinski definition) is 1. The highest BCUT2D eigenvalue weighted by Crippen LogP contribution is 2.27. The quantitative estimate of drug-likeness (QED) is 0.804. The van der Waals surface area contributed by atoms with Crippen LogP contribution < -0.4 is 5.56 Å². The molecule has 0 radical (unpaired) electrons. The van der Waals surface area contributed by atoms with Gasteiger partial charge in [0.15, 0.2) is 11.3 Å². The van der Waals surface area contributed by atoms with Crippen molar-refractivity contribution in [2.24, 2.45) is 0 Å². The summed E-state index contributed by atoms with van der Waals surface area (Å²) in [5, 5.41) is 4.69. The minimum atomic E-state index is -0.148. The summed E-state index contributed by atoms with van der Waals surface area (Å²) in [6, 6.07) is 9.68. The number of imidazole rings is 1. The molecule has 0 unspecified atom stereocenters. The fourth-order valence-electron chi connectivity index (χ4n) is 2.64. The number of rotatable bonds is 4. The van der Waals surface area contributed by atoms with Crippen molar-refractivity contribution in [3.63, 3.8) is 0 Å². The summed E-state index contributed by atoms with van der Waals surface area (Å²) < 4.78 is 1.74. The molecule has 0 amide bonds. The predicted molar refractivity (Wildman–Crippen MR) is 91.7 cm³/mol. The number of fused-ring (bicyclic) bond motifs is 1. The van der Waals surface area contributed by atoms with E-state index >= 15 is 0 Å². The van der Waals surface area contributed by atoms with Gasteiger partial charge in [0, 0.05) is 11.0 Å². The van der Waals surface area contributed by atoms with Crippen LogP contribution in [0.2, 0.25) is 0 Å². The zero-order chi connectivity index (χ0) is 16.6. The SMILES string of the molecule is CCc1nc(C(C)(C)CC)n2nc(-c3ccccc3)[nH]c(=O)c12. The van der Waals surface area contributed by atoms with Gasteiger partial charge in [-0.3, -0.25) is 4.79 Å². The molecule has 3 aromatic rings. The van der Waals surface area contributed by atoms with Crippen LogP contribution in [0.4, 0.5) is 0 Å². The van der Waals surface area contributed by atoms with E-state index in [-0.39, 0.29) is 11.0 Å². The lowest BCUT2D eigenvalue weighted by Gasteiger charge is -2.20. The van der Waals surface area contributed by atoms with Gasteiger partial charge in [-0.05, 0) is 12.8 Å². The van der Waals surface area contributed by atoms with Gasteiger partial charge in [0.05, 0.1) is 5.69 Å². The maximum atomic E-state index is 12.6. The Morgan fingerprint density at radius 2 is 1.87 bits per heavy atom. The number of aryl methyl sites for hydroxylation is 1. The molecular formula is C18H22N4O. The molecule has 0 aliphatic heterocycles. The van der Waals surface area contributed by atoms with E-state index < -0.39 is 0 Å². The first-order valence-electron chi connectivity index (χ1n) is 8.05. The molecule has 0 spiro atoms. The molecule has 1 N–H and O–H groups in total. The lowest BCUT2D eigenvalue weighted by atomic mass is 9.89. The van der Waals surface area contributed by atoms with Gasteiger partial charge in [0.25, 0.3) is 5.56 Å². The van der Waals surface area contributed by atoms with E-state index in [1.54, 1.807) is 4.52 Å². The molecule has 0 aliphatic rings. The normalized spacial score (nSPS) is 12.0. The van der Waals surface area contributed by atoms with Crippen LogP contribution in [-0.2, 0) is 11.8 Å². The van der Waals surface area contributed by atoms with Gasteiger partial charge in [0.1, 0.15) is 5.82 Å². The molecule has 0 aliphatic carbocycles. The van der Waals surface area contributed by atoms with E-state index in [1.165, 1.54) is 0 Å². The van der Waals surface area contributed by atoms with Crippen LogP contribution in [0.5, 0.6) is 0 Å². The van der Waals surface area contributed by atoms with Gasteiger partial charge >= 0.3 is 0 Å². The lowest BCUT2D eigenvalue weighted by molar-refractivity contribution is 0.461. The average Bonchev–Trinajstić information content (AvgIpc) is 2.95. The number of nitrogens with one attached hydrogen (secondary N) is 1. The molecule has 2 aromatic heterocycles. The summed E-state index contributed by atoms with van der Waals surface area (Å²) >= 11 is 0. The number of aromatic nitrogens is 4. The zero-order valence-corrected chi connectivity index (χ0v) is 14.1. The van der Waals surface area contributed by atoms with Crippen LogP contribution in [0.3, 0.4) is 0 Å². The summed E-state index contributed by atoms with van der Waals surface area (Å²) in [5.74, 6) is 1.41. The Balaban J connectivity index is 2.34. The Bertz CT molecular complexity index is 891. The van der Waals surface area contributed by atoms with Gasteiger partial charge in [-0.25, -0.2) is 9.50 Å². The number of hydrogen-bond acceptors (Lipinski definition) is 3. The van der Waals surface area contributed by atoms with Crippen molar-refractivity contribution in [2.45, 2.75) is 46.0 Å². The summed E-state index contributed by atoms with van der Waals surface area (Å²) in [7, 11) is 0. The Morgan fingerprint density at radius 3 is 2.48 bits per heavy atom. The summed E-state index contributed by atoms with van der Waals surface area (Å²) in [5.41, 5.74) is 1.96. The van der Waals surface area contributed by atoms with E-state index in [2.05, 4.69) is 30.9 Å². The number of nitrogens with zero attached hydrogens (tertiary/aromatic N) is 3. The monoisotopic (exact) mass is 310 g/mol. The second-order valence-electron chi connectivity index (χ2n) is 6.40. The highest BCUT2D eigenvalue weighted by Gasteiger charge is 2.27. The van der Waals surface area contributed by atoms with Crippen molar-refractivity contribution >= 4 is 5.52 Å². The molecule has 1 aromatic carbocycles. The molecule has 0 saturated carbocycles. The van der Waals surface area contributed by atoms with E-state index in [1.807, 2.05) is 37.3 Å². The summed E-state index contributed by atoms with van der Waals surface area (Å²) in [6.07, 6.45) is 1.63. The molecule has 0 bridgehead atoms. The fraction of sp³-hybridized carbons (Fsp3) is 0.389. The molecule has 5 heteroatoms. The fourth-order valence-corrected chi connectivity index (χ4v) is 2.64. The Morgan fingerprint density at radius 1 is 1.17 bits per heavy atom. The van der Waals surface area contributed by atoms with Crippen molar-refractivity contribution in [2.75, 3.05) is 0 Å². The van der Waals surface area contributed by atoms with Gasteiger partial charge in [-0.2, -0.15) is 0 Å². The maximum absolute atomic E-state index is 12.6. The molecule has 0 atom stereocenters. The second kappa shape index (κ2) is 5.65. The largest absolute Gasteiger partial charge is 0.303 e. The molecule has 2 heterocycles. The van der Waals surface area contributed by atoms with E-state index in [9.17, 15) is 4.79 Å². The third-order valence-electron chi connectivity index (χ3n) is 4.44. The minimum Gasteiger partial charge on any atom is -0.303 e. The highest BCUT2D eigenvalue weighted by molar-refractivity contribution is 5.58. The van der Waals surface area contributed by atoms with E-state index in [0.29, 0.717) is 17.8 Å². The molecular weight excluding hydrogens is 288 g/mol. The second-order valence-corrected chi connectivity index (χ2v) is 6.40. The third kappa shape index (κ3) is 2.56. The van der Waals surface area contributed by atoms with Crippen molar-refractivity contribution in [3.8, 4) is 11.4 Å². The van der Waals surface area contributed by atoms with Crippen molar-refractivity contribution < 1.29 is 0 Å². The van der Waals surface area contributed by atoms with Crippen LogP contribution in [0.15, 0.2) is 35.1 Å². The van der Waals surface area contributed by atoms with Crippen molar-refractivity contribution in [1.29, 1.82) is 0 Å². The van der Waals surface area contributed by atoms with Crippen LogP contribution in [0.25, 0.3) is 16.9 Å². The lowest BCUT2D eigenvalue weighted by Crippen LogP contribution is -2.23. The maximum Gasteiger partial charge on any atom is 0.277 e. The molecule has 120 valence electrons. The number of H-pyrrole nitrogens is 1. The van der Waals surface area contributed by atoms with Gasteiger partial charge in [-0.1, -0.05) is 58.0 Å². The van der Waals surface area contributed by atoms with Gasteiger partial charge < -0.3 is 4.98 Å². The average molecular weight is 310 g/mol. The Labute approximate surface area is 135 Å². The van der Waals surface area contributed by atoms with Crippen LogP contribution in [0.1, 0.15) is 45.6 Å². The van der Waals surface area contributed by atoms with Gasteiger partial charge in [-0.15, -0.1) is 5.10 Å². The van der Waals surface area contributed by atoms with E-state index in [4.69, 9.17) is 4.98 Å². The van der Waals surface area contributed by atoms with Crippen molar-refractivity contribution in [3.05, 3.63) is 52.2 Å². The van der Waals surface area contributed by atoms with Crippen molar-refractivity contribution in [1.82, 2.24) is 19.6 Å².